The lowest BCUT2D eigenvalue weighted by Crippen LogP contribution is -2.01. The number of rotatable bonds is 5. The summed E-state index contributed by atoms with van der Waals surface area (Å²) >= 11 is 5.94. The van der Waals surface area contributed by atoms with Crippen LogP contribution in [-0.2, 0) is 13.0 Å². The monoisotopic (exact) mass is 280 g/mol. The van der Waals surface area contributed by atoms with Crippen LogP contribution in [0, 0.1) is 5.82 Å². The van der Waals surface area contributed by atoms with Crippen molar-refractivity contribution < 1.29 is 14.2 Å². The van der Waals surface area contributed by atoms with Crippen LogP contribution in [-0.4, -0.2) is 11.7 Å². The molecule has 100 valence electrons. The van der Waals surface area contributed by atoms with E-state index in [-0.39, 0.29) is 19.0 Å². The molecule has 2 aromatic carbocycles. The van der Waals surface area contributed by atoms with E-state index in [9.17, 15) is 4.39 Å². The second-order valence-electron chi connectivity index (χ2n) is 4.11. The predicted octanol–water partition coefficient (Wildman–Crippen LogP) is 3.59. The molecular formula is C15H14ClFO2. The Morgan fingerprint density at radius 2 is 1.89 bits per heavy atom. The zero-order valence-corrected chi connectivity index (χ0v) is 11.0. The first-order valence-electron chi connectivity index (χ1n) is 5.96. The van der Waals surface area contributed by atoms with E-state index >= 15 is 0 Å². The van der Waals surface area contributed by atoms with Gasteiger partial charge in [0.05, 0.1) is 5.02 Å². The highest BCUT2D eigenvalue weighted by Gasteiger charge is 2.06. The molecule has 2 rings (SSSR count). The SMILES string of the molecule is OCCc1ccccc1OCc1ccc(F)cc1Cl. The summed E-state index contributed by atoms with van der Waals surface area (Å²) in [7, 11) is 0. The van der Waals surface area contributed by atoms with Crippen molar-refractivity contribution in [3.63, 3.8) is 0 Å². The molecule has 0 aromatic heterocycles. The topological polar surface area (TPSA) is 29.5 Å². The van der Waals surface area contributed by atoms with Crippen LogP contribution < -0.4 is 4.74 Å². The van der Waals surface area contributed by atoms with Gasteiger partial charge in [0, 0.05) is 12.2 Å². The molecule has 0 heterocycles. The van der Waals surface area contributed by atoms with Gasteiger partial charge in [-0.2, -0.15) is 0 Å². The van der Waals surface area contributed by atoms with E-state index in [1.165, 1.54) is 12.1 Å². The Morgan fingerprint density at radius 3 is 2.63 bits per heavy atom. The van der Waals surface area contributed by atoms with Gasteiger partial charge < -0.3 is 9.84 Å². The minimum Gasteiger partial charge on any atom is -0.489 e. The molecule has 0 bridgehead atoms. The first-order chi connectivity index (χ1) is 9.20. The summed E-state index contributed by atoms with van der Waals surface area (Å²) < 4.78 is 18.6. The fourth-order valence-corrected chi connectivity index (χ4v) is 1.99. The second kappa shape index (κ2) is 6.55. The van der Waals surface area contributed by atoms with Gasteiger partial charge in [-0.3, -0.25) is 0 Å². The average Bonchev–Trinajstić information content (AvgIpc) is 2.40. The van der Waals surface area contributed by atoms with Gasteiger partial charge in [-0.15, -0.1) is 0 Å². The Hall–Kier alpha value is -1.58. The number of halogens is 2. The molecule has 0 aliphatic rings. The van der Waals surface area contributed by atoms with Crippen molar-refractivity contribution in [1.29, 1.82) is 0 Å². The molecule has 0 saturated heterocycles. The van der Waals surface area contributed by atoms with E-state index in [0.29, 0.717) is 17.2 Å². The Labute approximate surface area is 116 Å². The number of aliphatic hydroxyl groups excluding tert-OH is 1. The minimum atomic E-state index is -0.366. The van der Waals surface area contributed by atoms with Gasteiger partial charge in [0.1, 0.15) is 18.2 Å². The number of para-hydroxylation sites is 1. The third kappa shape index (κ3) is 3.69. The van der Waals surface area contributed by atoms with Crippen LogP contribution >= 0.6 is 11.6 Å². The Balaban J connectivity index is 2.10. The maximum atomic E-state index is 12.9. The normalized spacial score (nSPS) is 10.5. The lowest BCUT2D eigenvalue weighted by Gasteiger charge is -2.11. The van der Waals surface area contributed by atoms with E-state index in [0.717, 1.165) is 11.1 Å². The van der Waals surface area contributed by atoms with Gasteiger partial charge in [-0.25, -0.2) is 4.39 Å². The lowest BCUT2D eigenvalue weighted by atomic mass is 10.1. The van der Waals surface area contributed by atoms with Gasteiger partial charge in [-0.05, 0) is 30.2 Å². The van der Waals surface area contributed by atoms with Crippen LogP contribution in [0.1, 0.15) is 11.1 Å². The summed E-state index contributed by atoms with van der Waals surface area (Å²) in [6.07, 6.45) is 0.535. The number of ether oxygens (including phenoxy) is 1. The molecule has 0 amide bonds. The van der Waals surface area contributed by atoms with E-state index in [2.05, 4.69) is 0 Å². The number of benzene rings is 2. The van der Waals surface area contributed by atoms with Crippen LogP contribution in [0.3, 0.4) is 0 Å². The minimum absolute atomic E-state index is 0.0671. The molecule has 0 fully saturated rings. The molecule has 0 spiro atoms. The van der Waals surface area contributed by atoms with Crippen molar-refractivity contribution in [2.24, 2.45) is 0 Å². The van der Waals surface area contributed by atoms with E-state index in [1.807, 2.05) is 24.3 Å². The van der Waals surface area contributed by atoms with Crippen molar-refractivity contribution in [1.82, 2.24) is 0 Å². The smallest absolute Gasteiger partial charge is 0.124 e. The highest BCUT2D eigenvalue weighted by molar-refractivity contribution is 6.31. The third-order valence-corrected chi connectivity index (χ3v) is 3.10. The summed E-state index contributed by atoms with van der Waals surface area (Å²) in [6, 6.07) is 11.7. The zero-order valence-electron chi connectivity index (χ0n) is 10.3. The van der Waals surface area contributed by atoms with Crippen LogP contribution in [0.2, 0.25) is 5.02 Å². The van der Waals surface area contributed by atoms with E-state index < -0.39 is 0 Å². The van der Waals surface area contributed by atoms with E-state index in [1.54, 1.807) is 6.07 Å². The molecule has 1 N–H and O–H groups in total. The van der Waals surface area contributed by atoms with Crippen molar-refractivity contribution in [3.8, 4) is 5.75 Å². The average molecular weight is 281 g/mol. The van der Waals surface area contributed by atoms with Crippen molar-refractivity contribution in [2.45, 2.75) is 13.0 Å². The Bertz CT molecular complexity index is 558. The zero-order chi connectivity index (χ0) is 13.7. The Kier molecular flexibility index (Phi) is 4.77. The molecule has 0 atom stereocenters. The molecule has 0 aliphatic carbocycles. The fourth-order valence-electron chi connectivity index (χ4n) is 1.77. The van der Waals surface area contributed by atoms with Gasteiger partial charge in [0.25, 0.3) is 0 Å². The summed E-state index contributed by atoms with van der Waals surface area (Å²) in [4.78, 5) is 0. The van der Waals surface area contributed by atoms with Crippen LogP contribution in [0.25, 0.3) is 0 Å². The summed E-state index contributed by atoms with van der Waals surface area (Å²) in [5, 5.41) is 9.33. The van der Waals surface area contributed by atoms with Crippen molar-refractivity contribution in [3.05, 3.63) is 64.4 Å². The molecular weight excluding hydrogens is 267 g/mol. The third-order valence-electron chi connectivity index (χ3n) is 2.75. The second-order valence-corrected chi connectivity index (χ2v) is 4.51. The van der Waals surface area contributed by atoms with E-state index in [4.69, 9.17) is 21.4 Å². The van der Waals surface area contributed by atoms with Gasteiger partial charge >= 0.3 is 0 Å². The Morgan fingerprint density at radius 1 is 1.11 bits per heavy atom. The number of aliphatic hydroxyl groups is 1. The molecule has 0 saturated carbocycles. The molecule has 4 heteroatoms. The van der Waals surface area contributed by atoms with Crippen LogP contribution in [0.15, 0.2) is 42.5 Å². The molecule has 0 radical (unpaired) electrons. The first-order valence-corrected chi connectivity index (χ1v) is 6.34. The van der Waals surface area contributed by atoms with Gasteiger partial charge in [0.15, 0.2) is 0 Å². The maximum absolute atomic E-state index is 12.9. The van der Waals surface area contributed by atoms with Crippen LogP contribution in [0.5, 0.6) is 5.75 Å². The number of hydrogen-bond acceptors (Lipinski definition) is 2. The lowest BCUT2D eigenvalue weighted by molar-refractivity contribution is 0.284. The molecule has 19 heavy (non-hydrogen) atoms. The molecule has 2 nitrogen and oxygen atoms in total. The summed E-state index contributed by atoms with van der Waals surface area (Å²) in [5.74, 6) is 0.339. The number of hydrogen-bond donors (Lipinski definition) is 1. The summed E-state index contributed by atoms with van der Waals surface area (Å²) in [6.45, 7) is 0.333. The van der Waals surface area contributed by atoms with Crippen molar-refractivity contribution in [2.75, 3.05) is 6.61 Å². The van der Waals surface area contributed by atoms with Gasteiger partial charge in [-0.1, -0.05) is 35.9 Å². The van der Waals surface area contributed by atoms with Crippen LogP contribution in [0.4, 0.5) is 4.39 Å². The predicted molar refractivity (Wildman–Crippen MR) is 73.0 cm³/mol. The largest absolute Gasteiger partial charge is 0.489 e. The first kappa shape index (κ1) is 13.8. The fraction of sp³-hybridized carbons (Fsp3) is 0.200. The van der Waals surface area contributed by atoms with Gasteiger partial charge in [0.2, 0.25) is 0 Å². The van der Waals surface area contributed by atoms with Crippen molar-refractivity contribution >= 4 is 11.6 Å². The standard InChI is InChI=1S/C15H14ClFO2/c16-14-9-13(17)6-5-12(14)10-19-15-4-2-1-3-11(15)7-8-18/h1-6,9,18H,7-8,10H2. The quantitative estimate of drug-likeness (QED) is 0.907. The highest BCUT2D eigenvalue weighted by Crippen LogP contribution is 2.22. The molecule has 2 aromatic rings. The molecule has 0 aliphatic heterocycles. The highest BCUT2D eigenvalue weighted by atomic mass is 35.5. The molecule has 0 unspecified atom stereocenters. The summed E-state index contributed by atoms with van der Waals surface area (Å²) in [5.41, 5.74) is 1.66. The maximum Gasteiger partial charge on any atom is 0.124 e.